The Morgan fingerprint density at radius 1 is 0.951 bits per heavy atom. The van der Waals surface area contributed by atoms with E-state index >= 15 is 0 Å². The van der Waals surface area contributed by atoms with Gasteiger partial charge >= 0.3 is 6.09 Å². The van der Waals surface area contributed by atoms with Gasteiger partial charge in [-0.1, -0.05) is 20.8 Å². The van der Waals surface area contributed by atoms with Crippen molar-refractivity contribution in [3.8, 4) is 0 Å². The molecule has 0 spiro atoms. The summed E-state index contributed by atoms with van der Waals surface area (Å²) in [5.74, 6) is -1.69. The van der Waals surface area contributed by atoms with Crippen molar-refractivity contribution in [3.05, 3.63) is 0 Å². The molecule has 0 saturated carbocycles. The number of carbonyl (C=O) groups excluding carboxylic acids is 4. The third kappa shape index (κ3) is 20.5. The molecule has 0 aromatic rings. The molecule has 0 fully saturated rings. The summed E-state index contributed by atoms with van der Waals surface area (Å²) in [6, 6.07) is -1.85. The second kappa shape index (κ2) is 22.6. The van der Waals surface area contributed by atoms with Crippen LogP contribution in [0.3, 0.4) is 0 Å². The van der Waals surface area contributed by atoms with Crippen molar-refractivity contribution in [1.82, 2.24) is 21.3 Å². The van der Waals surface area contributed by atoms with Gasteiger partial charge in [0.15, 0.2) is 9.03 Å². The molecule has 13 nitrogen and oxygen atoms in total. The summed E-state index contributed by atoms with van der Waals surface area (Å²) in [6.45, 7) is 13.1. The van der Waals surface area contributed by atoms with Crippen molar-refractivity contribution >= 4 is 40.7 Å². The lowest BCUT2D eigenvalue weighted by Gasteiger charge is -2.27. The van der Waals surface area contributed by atoms with Gasteiger partial charge in [0.2, 0.25) is 17.7 Å². The van der Waals surface area contributed by atoms with E-state index in [-0.39, 0.29) is 32.9 Å². The van der Waals surface area contributed by atoms with E-state index in [2.05, 4.69) is 21.3 Å². The number of amides is 4. The summed E-state index contributed by atoms with van der Waals surface area (Å²) >= 11 is 0. The smallest absolute Gasteiger partial charge is 0.408 e. The maximum Gasteiger partial charge on any atom is 0.408 e. The molecule has 5 unspecified atom stereocenters. The van der Waals surface area contributed by atoms with E-state index in [0.29, 0.717) is 45.8 Å². The normalized spacial score (nSPS) is 15.1. The molecule has 0 aliphatic carbocycles. The first-order valence-electron chi connectivity index (χ1n) is 14.5. The molecule has 0 rings (SSSR count). The van der Waals surface area contributed by atoms with Gasteiger partial charge in [-0.25, -0.2) is 4.79 Å². The zero-order valence-corrected chi connectivity index (χ0v) is 26.9. The van der Waals surface area contributed by atoms with Gasteiger partial charge in [0.1, 0.15) is 26.0 Å². The molecule has 238 valence electrons. The third-order valence-electron chi connectivity index (χ3n) is 5.88. The van der Waals surface area contributed by atoms with Crippen LogP contribution in [0.15, 0.2) is 0 Å². The van der Waals surface area contributed by atoms with E-state index in [4.69, 9.17) is 24.3 Å². The van der Waals surface area contributed by atoms with Crippen LogP contribution in [0, 0.1) is 5.92 Å². The van der Waals surface area contributed by atoms with E-state index in [1.807, 2.05) is 21.7 Å². The molecule has 0 aromatic heterocycles. The lowest BCUT2D eigenvalue weighted by atomic mass is 9.79. The highest BCUT2D eigenvalue weighted by atomic mass is 31.1. The number of nitrogens with one attached hydrogen (secondary N) is 4. The Balaban J connectivity index is 4.42. The highest BCUT2D eigenvalue weighted by Gasteiger charge is 2.28. The summed E-state index contributed by atoms with van der Waals surface area (Å²) in [7, 11) is 1.98. The Morgan fingerprint density at radius 2 is 1.63 bits per heavy atom. The molecule has 0 aliphatic rings. The van der Waals surface area contributed by atoms with Gasteiger partial charge in [-0.05, 0) is 58.9 Å². The van der Waals surface area contributed by atoms with Crippen LogP contribution in [0.4, 0.5) is 4.79 Å². The van der Waals surface area contributed by atoms with Crippen LogP contribution in [0.5, 0.6) is 0 Å². The third-order valence-corrected chi connectivity index (χ3v) is 6.52. The number of alkyl carbamates (subject to hydrolysis) is 1. The van der Waals surface area contributed by atoms with Crippen molar-refractivity contribution in [2.75, 3.05) is 39.5 Å². The van der Waals surface area contributed by atoms with E-state index in [0.717, 1.165) is 19.3 Å². The fourth-order valence-corrected chi connectivity index (χ4v) is 3.99. The molecule has 0 aromatic carbocycles. The van der Waals surface area contributed by atoms with Crippen molar-refractivity contribution in [2.45, 2.75) is 97.3 Å². The van der Waals surface area contributed by atoms with Crippen LogP contribution in [-0.4, -0.2) is 94.8 Å². The molecular formula is C26H53BN5O8P. The van der Waals surface area contributed by atoms with Gasteiger partial charge < -0.3 is 45.5 Å². The Hall–Kier alpha value is -1.99. The van der Waals surface area contributed by atoms with Crippen LogP contribution in [-0.2, 0) is 32.9 Å². The summed E-state index contributed by atoms with van der Waals surface area (Å²) in [6.07, 6.45) is 2.56. The van der Waals surface area contributed by atoms with Gasteiger partial charge in [0, 0.05) is 25.1 Å². The molecule has 0 heterocycles. The minimum Gasteiger partial charge on any atom is -0.446 e. The summed E-state index contributed by atoms with van der Waals surface area (Å²) in [5, 5.41) is 10.3. The van der Waals surface area contributed by atoms with E-state index in [1.165, 1.54) is 6.92 Å². The molecule has 0 saturated heterocycles. The first kappa shape index (κ1) is 39.0. The number of carbonyl (C=O) groups is 4. The molecule has 0 radical (unpaired) electrons. The van der Waals surface area contributed by atoms with Crippen molar-refractivity contribution in [2.24, 2.45) is 11.7 Å². The zero-order valence-electron chi connectivity index (χ0n) is 25.9. The van der Waals surface area contributed by atoms with Crippen LogP contribution in [0.1, 0.15) is 73.6 Å². The second-order valence-electron chi connectivity index (χ2n) is 10.8. The maximum absolute atomic E-state index is 12.8. The van der Waals surface area contributed by atoms with Crippen molar-refractivity contribution < 1.29 is 37.7 Å². The topological polar surface area (TPSA) is 179 Å². The largest absolute Gasteiger partial charge is 0.446 e. The lowest BCUT2D eigenvalue weighted by Crippen LogP contribution is -2.55. The fraction of sp³-hybridized carbons (Fsp3) is 0.846. The standard InChI is InChI=1S/C26H53BN5O8P/c1-7-14-38-41-39-15-9-13-29-21(33)17-30-23(34)20(5)31-24(35)22(18(2)3)32-25(36)40-19(4)10-16-37-26(6,27)11-8-12-28/h18-20,22,41H,7-17,27-28H2,1-6H3,(H,29,33)(H,30,34)(H,31,35)(H,32,36). The number of ether oxygens (including phenoxy) is 2. The van der Waals surface area contributed by atoms with Crippen LogP contribution < -0.4 is 27.0 Å². The highest BCUT2D eigenvalue weighted by Crippen LogP contribution is 2.14. The van der Waals surface area contributed by atoms with Crippen LogP contribution in [0.25, 0.3) is 0 Å². The van der Waals surface area contributed by atoms with Crippen LogP contribution >= 0.6 is 9.03 Å². The Bertz CT molecular complexity index is 778. The molecule has 15 heteroatoms. The SMILES string of the molecule is BC(C)(CCCN)OCCC(C)OC(=O)NC(C(=O)NC(C)C(=O)NCC(=O)NCCCOPOCCC)C(C)C. The lowest BCUT2D eigenvalue weighted by molar-refractivity contribution is -0.131. The molecule has 0 aliphatic heterocycles. The van der Waals surface area contributed by atoms with Gasteiger partial charge in [0.05, 0.1) is 19.8 Å². The minimum atomic E-state index is -0.925. The Kier molecular flexibility index (Phi) is 21.5. The average molecular weight is 606 g/mol. The molecule has 0 bridgehead atoms. The van der Waals surface area contributed by atoms with Crippen LogP contribution in [0.2, 0.25) is 0 Å². The van der Waals surface area contributed by atoms with Gasteiger partial charge in [-0.15, -0.1) is 0 Å². The number of hydrogen-bond acceptors (Lipinski definition) is 9. The molecule has 6 N–H and O–H groups in total. The molecule has 41 heavy (non-hydrogen) atoms. The number of rotatable bonds is 23. The second-order valence-corrected chi connectivity index (χ2v) is 11.5. The quantitative estimate of drug-likeness (QED) is 0.0637. The molecular weight excluding hydrogens is 552 g/mol. The summed E-state index contributed by atoms with van der Waals surface area (Å²) in [5.41, 5.74) is 5.25. The first-order valence-corrected chi connectivity index (χ1v) is 15.3. The molecule has 4 amide bonds. The van der Waals surface area contributed by atoms with Gasteiger partial charge in [-0.2, -0.15) is 0 Å². The monoisotopic (exact) mass is 605 g/mol. The van der Waals surface area contributed by atoms with E-state index in [9.17, 15) is 19.2 Å². The Labute approximate surface area is 248 Å². The zero-order chi connectivity index (χ0) is 31.3. The highest BCUT2D eigenvalue weighted by molar-refractivity contribution is 7.26. The van der Waals surface area contributed by atoms with E-state index < -0.39 is 36.1 Å². The molecule has 5 atom stereocenters. The van der Waals surface area contributed by atoms with Gasteiger partial charge in [-0.3, -0.25) is 14.4 Å². The first-order chi connectivity index (χ1) is 19.3. The predicted octanol–water partition coefficient (Wildman–Crippen LogP) is 0.700. The maximum atomic E-state index is 12.8. The van der Waals surface area contributed by atoms with Crippen molar-refractivity contribution in [1.29, 1.82) is 0 Å². The number of hydrogen-bond donors (Lipinski definition) is 5. The minimum absolute atomic E-state index is 0.0151. The summed E-state index contributed by atoms with van der Waals surface area (Å²) in [4.78, 5) is 49.7. The van der Waals surface area contributed by atoms with Gasteiger partial charge in [0.25, 0.3) is 0 Å². The fourth-order valence-electron chi connectivity index (χ4n) is 3.39. The Morgan fingerprint density at radius 3 is 2.27 bits per heavy atom. The van der Waals surface area contributed by atoms with Crippen molar-refractivity contribution in [3.63, 3.8) is 0 Å². The number of nitrogens with two attached hydrogens (primary N) is 1. The van der Waals surface area contributed by atoms with E-state index in [1.54, 1.807) is 20.8 Å². The average Bonchev–Trinajstić information content (AvgIpc) is 2.90. The summed E-state index contributed by atoms with van der Waals surface area (Å²) < 4.78 is 21.8. The predicted molar refractivity (Wildman–Crippen MR) is 162 cm³/mol.